The average Bonchev–Trinajstić information content (AvgIpc) is 3.12. The van der Waals surface area contributed by atoms with Crippen molar-refractivity contribution in [1.29, 1.82) is 0 Å². The van der Waals surface area contributed by atoms with Crippen molar-refractivity contribution in [3.63, 3.8) is 0 Å². The Bertz CT molecular complexity index is 1320. The Morgan fingerprint density at radius 1 is 1.00 bits per heavy atom. The van der Waals surface area contributed by atoms with Crippen LogP contribution in [-0.2, 0) is 23.9 Å². The molecule has 186 valence electrons. The number of likely N-dealkylation sites (tertiary alicyclic amines) is 1. The molecular formula is C28H28N2O6. The van der Waals surface area contributed by atoms with Gasteiger partial charge in [0, 0.05) is 25.4 Å². The molecule has 4 aliphatic rings. The minimum atomic E-state index is -1.32. The number of ether oxygens (including phenoxy) is 2. The quantitative estimate of drug-likeness (QED) is 0.524. The smallest absolute Gasteiger partial charge is 0.313 e. The third kappa shape index (κ3) is 3.17. The van der Waals surface area contributed by atoms with Gasteiger partial charge in [-0.1, -0.05) is 48.6 Å². The van der Waals surface area contributed by atoms with Gasteiger partial charge in [0.15, 0.2) is 0 Å². The van der Waals surface area contributed by atoms with E-state index < -0.39 is 35.0 Å². The van der Waals surface area contributed by atoms with Crippen molar-refractivity contribution in [2.75, 3.05) is 31.2 Å². The number of carbonyl (C=O) groups excluding carboxylic acids is 3. The highest BCUT2D eigenvalue weighted by atomic mass is 16.6. The van der Waals surface area contributed by atoms with Crippen LogP contribution in [0.15, 0.2) is 66.8 Å². The van der Waals surface area contributed by atoms with Gasteiger partial charge in [-0.25, -0.2) is 0 Å². The van der Waals surface area contributed by atoms with E-state index in [0.717, 1.165) is 16.5 Å². The molecule has 8 heteroatoms. The summed E-state index contributed by atoms with van der Waals surface area (Å²) in [4.78, 5) is 44.5. The number of cyclic esters (lactones) is 1. The van der Waals surface area contributed by atoms with E-state index in [4.69, 9.17) is 9.47 Å². The summed E-state index contributed by atoms with van der Waals surface area (Å²) in [7, 11) is 0. The number of rotatable bonds is 4. The highest BCUT2D eigenvalue weighted by Crippen LogP contribution is 2.57. The van der Waals surface area contributed by atoms with Crippen LogP contribution in [0.5, 0.6) is 0 Å². The van der Waals surface area contributed by atoms with Gasteiger partial charge in [0.2, 0.25) is 5.91 Å². The average molecular weight is 489 g/mol. The molecule has 0 radical (unpaired) electrons. The fourth-order valence-corrected chi connectivity index (χ4v) is 6.41. The maximum absolute atomic E-state index is 14.3. The van der Waals surface area contributed by atoms with Crippen LogP contribution < -0.4 is 4.90 Å². The van der Waals surface area contributed by atoms with Gasteiger partial charge in [-0.15, -0.1) is 0 Å². The molecule has 2 fully saturated rings. The van der Waals surface area contributed by atoms with E-state index in [1.807, 2.05) is 48.5 Å². The summed E-state index contributed by atoms with van der Waals surface area (Å²) in [6.07, 6.45) is 7.47. The van der Waals surface area contributed by atoms with Gasteiger partial charge in [-0.05, 0) is 42.3 Å². The third-order valence-electron chi connectivity index (χ3n) is 7.91. The lowest BCUT2D eigenvalue weighted by Crippen LogP contribution is -2.56. The normalized spacial score (nSPS) is 33.3. The van der Waals surface area contributed by atoms with Crippen LogP contribution in [0.2, 0.25) is 0 Å². The van der Waals surface area contributed by atoms with E-state index >= 15 is 0 Å². The fourth-order valence-electron chi connectivity index (χ4n) is 6.41. The van der Waals surface area contributed by atoms with Crippen molar-refractivity contribution in [1.82, 2.24) is 4.90 Å². The van der Waals surface area contributed by atoms with Crippen molar-refractivity contribution in [3.8, 4) is 0 Å². The predicted molar refractivity (Wildman–Crippen MR) is 132 cm³/mol. The van der Waals surface area contributed by atoms with Crippen LogP contribution in [0, 0.1) is 11.8 Å². The van der Waals surface area contributed by atoms with Crippen molar-refractivity contribution in [2.24, 2.45) is 11.8 Å². The minimum Gasteiger partial charge on any atom is -0.461 e. The molecule has 0 aromatic heterocycles. The number of nitrogens with zero attached hydrogens (tertiary/aromatic N) is 2. The summed E-state index contributed by atoms with van der Waals surface area (Å²) in [5.74, 6) is -2.89. The fraction of sp³-hybridized carbons (Fsp3) is 0.393. The molecule has 0 bridgehead atoms. The number of benzene rings is 2. The number of hydrogen-bond acceptors (Lipinski definition) is 6. The van der Waals surface area contributed by atoms with Crippen molar-refractivity contribution in [2.45, 2.75) is 30.6 Å². The Hall–Kier alpha value is -3.49. The lowest BCUT2D eigenvalue weighted by Gasteiger charge is -2.37. The Balaban J connectivity index is 1.47. The first-order valence-corrected chi connectivity index (χ1v) is 12.3. The van der Waals surface area contributed by atoms with Gasteiger partial charge >= 0.3 is 5.97 Å². The summed E-state index contributed by atoms with van der Waals surface area (Å²) in [5, 5.41) is 11.6. The summed E-state index contributed by atoms with van der Waals surface area (Å²) in [5.41, 5.74) is -1.69. The molecule has 1 N–H and O–H groups in total. The standard InChI is InChI=1S/C28H28N2O6/c1-27-11-5-16-35-26(34)22(27)21-24(32)30(14-6-15-31)23-25(33)29(13-4-12-28(21,23)36-27)20-10-9-18-7-2-3-8-19(18)17-20/h2-5,7-12,17,21-23,31H,6,13-16H2,1H3/t21-,22-,23?,27+,28-/m0/s1. The number of aliphatic hydroxyl groups excluding tert-OH is 1. The first-order valence-electron chi connectivity index (χ1n) is 12.3. The van der Waals surface area contributed by atoms with Crippen molar-refractivity contribution in [3.05, 3.63) is 66.8 Å². The second kappa shape index (κ2) is 8.28. The monoisotopic (exact) mass is 488 g/mol. The molecule has 2 amide bonds. The second-order valence-corrected chi connectivity index (χ2v) is 10.0. The lowest BCUT2D eigenvalue weighted by atomic mass is 9.75. The van der Waals surface area contributed by atoms with E-state index in [2.05, 4.69) is 0 Å². The third-order valence-corrected chi connectivity index (χ3v) is 7.91. The van der Waals surface area contributed by atoms with Crippen molar-refractivity contribution < 1.29 is 29.0 Å². The number of anilines is 1. The van der Waals surface area contributed by atoms with E-state index in [0.29, 0.717) is 13.0 Å². The number of aliphatic hydroxyl groups is 1. The summed E-state index contributed by atoms with van der Waals surface area (Å²) >= 11 is 0. The molecule has 2 saturated heterocycles. The molecule has 2 aromatic rings. The van der Waals surface area contributed by atoms with Crippen LogP contribution in [-0.4, -0.2) is 71.3 Å². The minimum absolute atomic E-state index is 0.115. The first kappa shape index (κ1) is 22.9. The molecule has 1 spiro atoms. The SMILES string of the molecule is C[C@@]12C=CCOC(=O)[C@@H]1[C@H]1C(=O)N(CCCO)C3C(=O)N(c4ccc5ccccc5c4)CC=C[C@@]31O2. The van der Waals surface area contributed by atoms with Crippen LogP contribution in [0.25, 0.3) is 10.8 Å². The van der Waals surface area contributed by atoms with E-state index in [9.17, 15) is 19.5 Å². The van der Waals surface area contributed by atoms with Gasteiger partial charge in [0.05, 0.1) is 11.5 Å². The zero-order chi connectivity index (χ0) is 25.1. The molecule has 4 aliphatic heterocycles. The summed E-state index contributed by atoms with van der Waals surface area (Å²) in [6.45, 7) is 2.25. The van der Waals surface area contributed by atoms with E-state index in [1.54, 1.807) is 30.1 Å². The highest BCUT2D eigenvalue weighted by Gasteiger charge is 2.74. The van der Waals surface area contributed by atoms with Crippen LogP contribution in [0.4, 0.5) is 5.69 Å². The van der Waals surface area contributed by atoms with Crippen molar-refractivity contribution >= 4 is 34.2 Å². The zero-order valence-corrected chi connectivity index (χ0v) is 20.0. The maximum atomic E-state index is 14.3. The Labute approximate surface area is 208 Å². The Morgan fingerprint density at radius 2 is 1.81 bits per heavy atom. The second-order valence-electron chi connectivity index (χ2n) is 10.0. The van der Waals surface area contributed by atoms with Gasteiger partial charge in [0.25, 0.3) is 5.91 Å². The number of carbonyl (C=O) groups is 3. The van der Waals surface area contributed by atoms with E-state index in [-0.39, 0.29) is 31.6 Å². The molecule has 4 heterocycles. The lowest BCUT2D eigenvalue weighted by molar-refractivity contribution is -0.156. The predicted octanol–water partition coefficient (Wildman–Crippen LogP) is 2.21. The topological polar surface area (TPSA) is 96.4 Å². The Morgan fingerprint density at radius 3 is 2.61 bits per heavy atom. The molecule has 0 aliphatic carbocycles. The number of esters is 1. The number of amides is 2. The molecule has 36 heavy (non-hydrogen) atoms. The zero-order valence-electron chi connectivity index (χ0n) is 20.0. The highest BCUT2D eigenvalue weighted by molar-refractivity contribution is 6.06. The van der Waals surface area contributed by atoms with Crippen LogP contribution in [0.1, 0.15) is 13.3 Å². The molecular weight excluding hydrogens is 460 g/mol. The van der Waals surface area contributed by atoms with Gasteiger partial charge in [-0.2, -0.15) is 0 Å². The molecule has 2 aromatic carbocycles. The van der Waals surface area contributed by atoms with Crippen LogP contribution in [0.3, 0.4) is 0 Å². The largest absolute Gasteiger partial charge is 0.461 e. The molecule has 6 rings (SSSR count). The molecule has 5 atom stereocenters. The summed E-state index contributed by atoms with van der Waals surface area (Å²) < 4.78 is 12.0. The maximum Gasteiger partial charge on any atom is 0.313 e. The molecule has 1 unspecified atom stereocenters. The van der Waals surface area contributed by atoms with Gasteiger partial charge in [0.1, 0.15) is 24.2 Å². The Kier molecular flexibility index (Phi) is 5.28. The molecule has 8 nitrogen and oxygen atoms in total. The van der Waals surface area contributed by atoms with E-state index in [1.165, 1.54) is 4.90 Å². The number of hydrogen-bond donors (Lipinski definition) is 1. The summed E-state index contributed by atoms with van der Waals surface area (Å²) in [6, 6.07) is 12.8. The molecule has 0 saturated carbocycles. The first-order chi connectivity index (χ1) is 17.4. The van der Waals surface area contributed by atoms with Gasteiger partial charge in [-0.3, -0.25) is 14.4 Å². The number of fused-ring (bicyclic) bond motifs is 3. The van der Waals surface area contributed by atoms with Crippen LogP contribution >= 0.6 is 0 Å². The van der Waals surface area contributed by atoms with Gasteiger partial charge < -0.3 is 24.4 Å².